The zero-order chi connectivity index (χ0) is 13.5. The highest BCUT2D eigenvalue weighted by Crippen LogP contribution is 2.29. The van der Waals surface area contributed by atoms with Crippen LogP contribution in [0.1, 0.15) is 39.0 Å². The first kappa shape index (κ1) is 15.2. The minimum absolute atomic E-state index is 0.255. The van der Waals surface area contributed by atoms with E-state index in [0.29, 0.717) is 13.2 Å². The molecule has 2 rings (SSSR count). The topological polar surface area (TPSA) is 41.9 Å². The number of ether oxygens (including phenoxy) is 2. The summed E-state index contributed by atoms with van der Waals surface area (Å²) in [5.41, 5.74) is 0. The zero-order valence-corrected chi connectivity index (χ0v) is 12.2. The Bertz CT molecular complexity index is 240. The van der Waals surface area contributed by atoms with E-state index in [1.54, 1.807) is 0 Å². The van der Waals surface area contributed by atoms with E-state index < -0.39 is 0 Å². The summed E-state index contributed by atoms with van der Waals surface area (Å²) in [6.45, 7) is 7.10. The molecule has 1 saturated carbocycles. The molecule has 0 aromatic carbocycles. The molecule has 2 aliphatic rings. The minimum atomic E-state index is -0.369. The molecule has 0 radical (unpaired) electrons. The molecule has 4 nitrogen and oxygen atoms in total. The lowest BCUT2D eigenvalue weighted by molar-refractivity contribution is -0.0254. The Balaban J connectivity index is 1.56. The molecule has 2 atom stereocenters. The SMILES string of the molecule is CCCN(CC(O)COCC1CCCO1)CC1CC1. The number of nitrogens with zero attached hydrogens (tertiary/aromatic N) is 1. The standard InChI is InChI=1S/C15H29NO3/c1-2-7-16(9-13-5-6-13)10-14(17)11-18-12-15-4-3-8-19-15/h13-15,17H,2-12H2,1H3. The number of hydrogen-bond donors (Lipinski definition) is 1. The van der Waals surface area contributed by atoms with Crippen molar-refractivity contribution in [3.05, 3.63) is 0 Å². The van der Waals surface area contributed by atoms with Crippen LogP contribution in [-0.2, 0) is 9.47 Å². The quantitative estimate of drug-likeness (QED) is 0.656. The van der Waals surface area contributed by atoms with Gasteiger partial charge in [0.15, 0.2) is 0 Å². The van der Waals surface area contributed by atoms with Crippen LogP contribution in [0.15, 0.2) is 0 Å². The van der Waals surface area contributed by atoms with Crippen LogP contribution in [0.4, 0.5) is 0 Å². The first-order chi connectivity index (χ1) is 9.28. The van der Waals surface area contributed by atoms with Crippen molar-refractivity contribution in [3.63, 3.8) is 0 Å². The van der Waals surface area contributed by atoms with Crippen LogP contribution in [-0.4, -0.2) is 61.7 Å². The molecule has 1 saturated heterocycles. The molecule has 0 amide bonds. The molecule has 0 aromatic rings. The summed E-state index contributed by atoms with van der Waals surface area (Å²) in [4.78, 5) is 2.39. The van der Waals surface area contributed by atoms with Crippen molar-refractivity contribution in [2.45, 2.75) is 51.2 Å². The van der Waals surface area contributed by atoms with Crippen LogP contribution in [0.2, 0.25) is 0 Å². The van der Waals surface area contributed by atoms with E-state index in [1.807, 2.05) is 0 Å². The highest BCUT2D eigenvalue weighted by Gasteiger charge is 2.25. The molecule has 0 spiro atoms. The molecule has 4 heteroatoms. The van der Waals surface area contributed by atoms with Crippen molar-refractivity contribution in [2.24, 2.45) is 5.92 Å². The summed E-state index contributed by atoms with van der Waals surface area (Å²) in [6, 6.07) is 0. The first-order valence-electron chi connectivity index (χ1n) is 7.87. The minimum Gasteiger partial charge on any atom is -0.389 e. The molecule has 19 heavy (non-hydrogen) atoms. The second-order valence-corrected chi connectivity index (χ2v) is 6.03. The van der Waals surface area contributed by atoms with Crippen molar-refractivity contribution in [3.8, 4) is 0 Å². The average molecular weight is 271 g/mol. The molecule has 2 unspecified atom stereocenters. The van der Waals surface area contributed by atoms with Gasteiger partial charge in [0.25, 0.3) is 0 Å². The molecule has 112 valence electrons. The van der Waals surface area contributed by atoms with Gasteiger partial charge in [-0.05, 0) is 44.6 Å². The Hall–Kier alpha value is -0.160. The van der Waals surface area contributed by atoms with Gasteiger partial charge in [-0.25, -0.2) is 0 Å². The maximum absolute atomic E-state index is 10.0. The Morgan fingerprint density at radius 3 is 2.84 bits per heavy atom. The highest BCUT2D eigenvalue weighted by molar-refractivity contribution is 4.78. The fourth-order valence-corrected chi connectivity index (χ4v) is 2.70. The normalized spacial score (nSPS) is 25.1. The predicted octanol–water partition coefficient (Wildman–Crippen LogP) is 1.66. The fourth-order valence-electron chi connectivity index (χ4n) is 2.70. The van der Waals surface area contributed by atoms with E-state index in [0.717, 1.165) is 51.4 Å². The van der Waals surface area contributed by atoms with Crippen molar-refractivity contribution >= 4 is 0 Å². The van der Waals surface area contributed by atoms with Crippen molar-refractivity contribution < 1.29 is 14.6 Å². The highest BCUT2D eigenvalue weighted by atomic mass is 16.5. The third kappa shape index (κ3) is 6.21. The fraction of sp³-hybridized carbons (Fsp3) is 1.00. The number of hydrogen-bond acceptors (Lipinski definition) is 4. The molecule has 1 heterocycles. The van der Waals surface area contributed by atoms with Gasteiger partial charge >= 0.3 is 0 Å². The largest absolute Gasteiger partial charge is 0.389 e. The Kier molecular flexibility index (Phi) is 6.57. The van der Waals surface area contributed by atoms with Gasteiger partial charge in [0.05, 0.1) is 25.4 Å². The van der Waals surface area contributed by atoms with E-state index in [-0.39, 0.29) is 12.2 Å². The number of rotatable bonds is 10. The summed E-state index contributed by atoms with van der Waals surface area (Å²) < 4.78 is 11.1. The second-order valence-electron chi connectivity index (χ2n) is 6.03. The molecular formula is C15H29NO3. The van der Waals surface area contributed by atoms with E-state index in [1.165, 1.54) is 12.8 Å². The van der Waals surface area contributed by atoms with Crippen LogP contribution in [0, 0.1) is 5.92 Å². The maximum Gasteiger partial charge on any atom is 0.0900 e. The third-order valence-electron chi connectivity index (χ3n) is 3.86. The zero-order valence-electron chi connectivity index (χ0n) is 12.2. The van der Waals surface area contributed by atoms with Crippen LogP contribution in [0.25, 0.3) is 0 Å². The third-order valence-corrected chi connectivity index (χ3v) is 3.86. The van der Waals surface area contributed by atoms with Crippen LogP contribution in [0.3, 0.4) is 0 Å². The van der Waals surface area contributed by atoms with Gasteiger partial charge in [-0.15, -0.1) is 0 Å². The van der Waals surface area contributed by atoms with Gasteiger partial charge in [0.2, 0.25) is 0 Å². The van der Waals surface area contributed by atoms with Crippen molar-refractivity contribution in [1.82, 2.24) is 4.90 Å². The van der Waals surface area contributed by atoms with Crippen molar-refractivity contribution in [2.75, 3.05) is 39.5 Å². The lowest BCUT2D eigenvalue weighted by atomic mass is 10.2. The second kappa shape index (κ2) is 8.20. The molecule has 0 bridgehead atoms. The summed E-state index contributed by atoms with van der Waals surface area (Å²) >= 11 is 0. The number of aliphatic hydroxyl groups is 1. The average Bonchev–Trinajstić information content (AvgIpc) is 3.03. The molecule has 0 aromatic heterocycles. The van der Waals surface area contributed by atoms with Crippen molar-refractivity contribution in [1.29, 1.82) is 0 Å². The first-order valence-corrected chi connectivity index (χ1v) is 7.87. The van der Waals surface area contributed by atoms with Gasteiger partial charge in [0, 0.05) is 19.7 Å². The van der Waals surface area contributed by atoms with E-state index in [9.17, 15) is 5.11 Å². The molecule has 1 aliphatic heterocycles. The summed E-state index contributed by atoms with van der Waals surface area (Å²) in [5.74, 6) is 0.881. The van der Waals surface area contributed by atoms with Gasteiger partial charge in [-0.1, -0.05) is 6.92 Å². The van der Waals surface area contributed by atoms with Crippen LogP contribution in [0.5, 0.6) is 0 Å². The monoisotopic (exact) mass is 271 g/mol. The van der Waals surface area contributed by atoms with E-state index in [2.05, 4.69) is 11.8 Å². The summed E-state index contributed by atoms with van der Waals surface area (Å²) in [5, 5.41) is 10.0. The molecule has 1 N–H and O–H groups in total. The molecular weight excluding hydrogens is 242 g/mol. The van der Waals surface area contributed by atoms with E-state index in [4.69, 9.17) is 9.47 Å². The molecule has 1 aliphatic carbocycles. The Morgan fingerprint density at radius 2 is 2.21 bits per heavy atom. The Morgan fingerprint density at radius 1 is 1.37 bits per heavy atom. The number of aliphatic hydroxyl groups excluding tert-OH is 1. The summed E-state index contributed by atoms with van der Waals surface area (Å²) in [6.07, 6.45) is 6.01. The van der Waals surface area contributed by atoms with Gasteiger partial charge < -0.3 is 19.5 Å². The van der Waals surface area contributed by atoms with Gasteiger partial charge in [-0.3, -0.25) is 0 Å². The summed E-state index contributed by atoms with van der Waals surface area (Å²) in [7, 11) is 0. The molecule has 2 fully saturated rings. The van der Waals surface area contributed by atoms with Crippen LogP contribution >= 0.6 is 0 Å². The smallest absolute Gasteiger partial charge is 0.0900 e. The van der Waals surface area contributed by atoms with Crippen LogP contribution < -0.4 is 0 Å². The lowest BCUT2D eigenvalue weighted by Gasteiger charge is -2.24. The van der Waals surface area contributed by atoms with Gasteiger partial charge in [0.1, 0.15) is 0 Å². The van der Waals surface area contributed by atoms with E-state index >= 15 is 0 Å². The lowest BCUT2D eigenvalue weighted by Crippen LogP contribution is -2.37. The predicted molar refractivity (Wildman–Crippen MR) is 75.3 cm³/mol. The Labute approximate surface area is 117 Å². The van der Waals surface area contributed by atoms with Gasteiger partial charge in [-0.2, -0.15) is 0 Å². The maximum atomic E-state index is 10.0.